The summed E-state index contributed by atoms with van der Waals surface area (Å²) in [6.45, 7) is 4.67. The van der Waals surface area contributed by atoms with Crippen molar-refractivity contribution in [1.29, 1.82) is 0 Å². The van der Waals surface area contributed by atoms with Crippen molar-refractivity contribution in [2.24, 2.45) is 11.8 Å². The molecule has 1 aromatic carbocycles. The van der Waals surface area contributed by atoms with Crippen molar-refractivity contribution in [3.63, 3.8) is 0 Å². The minimum Gasteiger partial charge on any atom is -0.361 e. The Kier molecular flexibility index (Phi) is 1.93. The minimum absolute atomic E-state index is 0.0817. The van der Waals surface area contributed by atoms with E-state index < -0.39 is 0 Å². The van der Waals surface area contributed by atoms with Gasteiger partial charge < -0.3 is 4.74 Å². The van der Waals surface area contributed by atoms with Crippen LogP contribution in [0.5, 0.6) is 0 Å². The molecule has 1 nitrogen and oxygen atoms in total. The van der Waals surface area contributed by atoms with Gasteiger partial charge in [0.25, 0.3) is 0 Å². The molecule has 0 bridgehead atoms. The van der Waals surface area contributed by atoms with E-state index in [1.165, 1.54) is 18.4 Å². The highest BCUT2D eigenvalue weighted by molar-refractivity contribution is 5.31. The molecule has 80 valence electrons. The zero-order chi connectivity index (χ0) is 10.5. The van der Waals surface area contributed by atoms with E-state index in [0.29, 0.717) is 12.0 Å². The van der Waals surface area contributed by atoms with Crippen molar-refractivity contribution in [1.82, 2.24) is 0 Å². The first-order chi connectivity index (χ1) is 7.22. The van der Waals surface area contributed by atoms with E-state index in [9.17, 15) is 0 Å². The molecule has 1 heterocycles. The fourth-order valence-corrected chi connectivity index (χ4v) is 3.36. The lowest BCUT2D eigenvalue weighted by atomic mass is 9.74. The molecule has 3 rings (SSSR count). The lowest BCUT2D eigenvalue weighted by Gasteiger charge is -2.27. The van der Waals surface area contributed by atoms with Crippen molar-refractivity contribution in [2.45, 2.75) is 38.4 Å². The molecular formula is C14H18O. The average molecular weight is 202 g/mol. The van der Waals surface area contributed by atoms with Gasteiger partial charge in [-0.05, 0) is 30.2 Å². The first kappa shape index (κ1) is 9.41. The number of epoxide rings is 1. The van der Waals surface area contributed by atoms with Crippen LogP contribution in [0.4, 0.5) is 0 Å². The lowest BCUT2D eigenvalue weighted by molar-refractivity contribution is 0.262. The van der Waals surface area contributed by atoms with Gasteiger partial charge in [-0.25, -0.2) is 0 Å². The van der Waals surface area contributed by atoms with Crippen LogP contribution in [0.3, 0.4) is 0 Å². The lowest BCUT2D eigenvalue weighted by Crippen LogP contribution is -2.27. The Balaban J connectivity index is 1.94. The molecule has 0 spiro atoms. The van der Waals surface area contributed by atoms with Crippen LogP contribution < -0.4 is 0 Å². The predicted octanol–water partition coefficient (Wildman–Crippen LogP) is 3.35. The minimum atomic E-state index is 0.0817. The summed E-state index contributed by atoms with van der Waals surface area (Å²) >= 11 is 0. The summed E-state index contributed by atoms with van der Waals surface area (Å²) in [4.78, 5) is 0. The summed E-state index contributed by atoms with van der Waals surface area (Å²) in [7, 11) is 0. The van der Waals surface area contributed by atoms with Crippen LogP contribution in [0.25, 0.3) is 0 Å². The fourth-order valence-electron chi connectivity index (χ4n) is 3.36. The molecule has 1 heteroatoms. The summed E-state index contributed by atoms with van der Waals surface area (Å²) in [6.07, 6.45) is 3.00. The van der Waals surface area contributed by atoms with Gasteiger partial charge in [0.1, 0.15) is 5.60 Å². The molecule has 1 saturated heterocycles. The zero-order valence-corrected chi connectivity index (χ0v) is 9.44. The number of fused-ring (bicyclic) bond motifs is 1. The average Bonchev–Trinajstić information content (AvgIpc) is 2.95. The second-order valence-corrected chi connectivity index (χ2v) is 5.32. The van der Waals surface area contributed by atoms with Gasteiger partial charge in [0.15, 0.2) is 0 Å². The van der Waals surface area contributed by atoms with Crippen molar-refractivity contribution in [2.75, 3.05) is 0 Å². The molecule has 1 aliphatic heterocycles. The number of hydrogen-bond acceptors (Lipinski definition) is 1. The maximum atomic E-state index is 6.03. The van der Waals surface area contributed by atoms with E-state index in [0.717, 1.165) is 5.92 Å². The van der Waals surface area contributed by atoms with Crippen molar-refractivity contribution in [3.8, 4) is 0 Å². The van der Waals surface area contributed by atoms with Gasteiger partial charge in [0, 0.05) is 0 Å². The summed E-state index contributed by atoms with van der Waals surface area (Å²) in [5.74, 6) is 1.51. The molecule has 0 amide bonds. The van der Waals surface area contributed by atoms with E-state index in [4.69, 9.17) is 4.74 Å². The van der Waals surface area contributed by atoms with Crippen LogP contribution in [-0.4, -0.2) is 6.10 Å². The summed E-state index contributed by atoms with van der Waals surface area (Å²) < 4.78 is 6.03. The standard InChI is InChI=1S/C14H18O/c1-10-8-11(2)13-14(9-10,15-13)12-6-4-3-5-7-12/h3-7,10-11,13H,8-9H2,1-2H3/t10-,11+,13+,14-/m1/s1. The van der Waals surface area contributed by atoms with Crippen LogP contribution in [0.1, 0.15) is 32.3 Å². The Morgan fingerprint density at radius 3 is 2.67 bits per heavy atom. The molecule has 0 radical (unpaired) electrons. The molecule has 1 saturated carbocycles. The van der Waals surface area contributed by atoms with E-state index in [2.05, 4.69) is 44.2 Å². The van der Waals surface area contributed by atoms with Gasteiger partial charge in [-0.15, -0.1) is 0 Å². The van der Waals surface area contributed by atoms with Gasteiger partial charge in [-0.2, -0.15) is 0 Å². The first-order valence-electron chi connectivity index (χ1n) is 5.96. The summed E-state index contributed by atoms with van der Waals surface area (Å²) in [5, 5.41) is 0. The van der Waals surface area contributed by atoms with Gasteiger partial charge in [-0.1, -0.05) is 44.2 Å². The van der Waals surface area contributed by atoms with Crippen molar-refractivity contribution < 1.29 is 4.74 Å². The Bertz CT molecular complexity index is 359. The highest BCUT2D eigenvalue weighted by Crippen LogP contribution is 2.58. The van der Waals surface area contributed by atoms with E-state index in [1.54, 1.807) is 0 Å². The maximum Gasteiger partial charge on any atom is 0.120 e. The van der Waals surface area contributed by atoms with Crippen LogP contribution in [-0.2, 0) is 10.3 Å². The third-order valence-corrected chi connectivity index (χ3v) is 3.94. The predicted molar refractivity (Wildman–Crippen MR) is 60.6 cm³/mol. The van der Waals surface area contributed by atoms with Gasteiger partial charge in [0.05, 0.1) is 6.10 Å². The van der Waals surface area contributed by atoms with Gasteiger partial charge >= 0.3 is 0 Å². The molecule has 4 atom stereocenters. The topological polar surface area (TPSA) is 12.5 Å². The third kappa shape index (κ3) is 1.33. The van der Waals surface area contributed by atoms with Crippen LogP contribution >= 0.6 is 0 Å². The van der Waals surface area contributed by atoms with Crippen LogP contribution in [0.15, 0.2) is 30.3 Å². The largest absolute Gasteiger partial charge is 0.361 e. The Morgan fingerprint density at radius 1 is 1.20 bits per heavy atom. The Morgan fingerprint density at radius 2 is 1.93 bits per heavy atom. The zero-order valence-electron chi connectivity index (χ0n) is 9.44. The van der Waals surface area contributed by atoms with E-state index >= 15 is 0 Å². The van der Waals surface area contributed by atoms with Crippen molar-refractivity contribution in [3.05, 3.63) is 35.9 Å². The molecule has 0 aromatic heterocycles. The second-order valence-electron chi connectivity index (χ2n) is 5.32. The fraction of sp³-hybridized carbons (Fsp3) is 0.571. The number of benzene rings is 1. The molecule has 15 heavy (non-hydrogen) atoms. The summed E-state index contributed by atoms with van der Waals surface area (Å²) in [5.41, 5.74) is 1.46. The number of rotatable bonds is 1. The molecule has 2 fully saturated rings. The number of hydrogen-bond donors (Lipinski definition) is 0. The molecule has 1 aromatic rings. The first-order valence-corrected chi connectivity index (χ1v) is 5.96. The molecular weight excluding hydrogens is 184 g/mol. The van der Waals surface area contributed by atoms with E-state index in [-0.39, 0.29) is 5.60 Å². The van der Waals surface area contributed by atoms with Crippen molar-refractivity contribution >= 4 is 0 Å². The highest BCUT2D eigenvalue weighted by Gasteiger charge is 2.62. The Hall–Kier alpha value is -0.820. The summed E-state index contributed by atoms with van der Waals surface area (Å²) in [6, 6.07) is 10.7. The normalized spacial score (nSPS) is 43.5. The quantitative estimate of drug-likeness (QED) is 0.636. The number of ether oxygens (including phenoxy) is 1. The van der Waals surface area contributed by atoms with Gasteiger partial charge in [-0.3, -0.25) is 0 Å². The smallest absolute Gasteiger partial charge is 0.120 e. The third-order valence-electron chi connectivity index (χ3n) is 3.94. The van der Waals surface area contributed by atoms with Crippen LogP contribution in [0.2, 0.25) is 0 Å². The second kappa shape index (κ2) is 3.08. The highest BCUT2D eigenvalue weighted by atomic mass is 16.6. The van der Waals surface area contributed by atoms with Crippen LogP contribution in [0, 0.1) is 11.8 Å². The maximum absolute atomic E-state index is 6.03. The molecule has 0 unspecified atom stereocenters. The van der Waals surface area contributed by atoms with E-state index in [1.807, 2.05) is 0 Å². The SMILES string of the molecule is C[C@@H]1C[C@H](C)[C@@H]2O[C@@]2(c2ccccc2)C1. The molecule has 2 aliphatic rings. The molecule has 1 aliphatic carbocycles. The monoisotopic (exact) mass is 202 g/mol. The van der Waals surface area contributed by atoms with Gasteiger partial charge in [0.2, 0.25) is 0 Å². The Labute approximate surface area is 91.5 Å². The molecule has 0 N–H and O–H groups in total.